The van der Waals surface area contributed by atoms with Crippen LogP contribution in [0.4, 0.5) is 5.69 Å². The summed E-state index contributed by atoms with van der Waals surface area (Å²) in [5, 5.41) is 29.2. The highest BCUT2D eigenvalue weighted by molar-refractivity contribution is 5.85. The van der Waals surface area contributed by atoms with Crippen molar-refractivity contribution >= 4 is 16.6 Å². The molecule has 0 amide bonds. The van der Waals surface area contributed by atoms with Crippen LogP contribution in [0.3, 0.4) is 0 Å². The molecule has 3 rings (SSSR count). The number of rotatable bonds is 1. The minimum atomic E-state index is -0.459. The van der Waals surface area contributed by atoms with Gasteiger partial charge in [-0.2, -0.15) is 0 Å². The van der Waals surface area contributed by atoms with Gasteiger partial charge in [-0.3, -0.25) is 0 Å². The standard InChI is InChI=1S/C13H11N3O3/c14-8-2-4-10-7(5-8)1-3-11(15-10)9-6-12(17)16(19)13(9)18/h1-6,17-19H,14H2. The lowest BCUT2D eigenvalue weighted by molar-refractivity contribution is 0.131. The van der Waals surface area contributed by atoms with E-state index in [4.69, 9.17) is 5.73 Å². The second kappa shape index (κ2) is 3.81. The Kier molecular flexibility index (Phi) is 2.25. The lowest BCUT2D eigenvalue weighted by atomic mass is 10.1. The number of fused-ring (bicyclic) bond motifs is 1. The van der Waals surface area contributed by atoms with Crippen molar-refractivity contribution < 1.29 is 15.4 Å². The number of nitrogens with zero attached hydrogens (tertiary/aromatic N) is 2. The van der Waals surface area contributed by atoms with Gasteiger partial charge in [0, 0.05) is 17.1 Å². The maximum absolute atomic E-state index is 9.68. The third-order valence-corrected chi connectivity index (χ3v) is 2.92. The van der Waals surface area contributed by atoms with Crippen molar-refractivity contribution in [2.75, 3.05) is 5.73 Å². The SMILES string of the molecule is Nc1ccc2nc(-c3cc(O)n(O)c3O)ccc2c1. The highest BCUT2D eigenvalue weighted by Crippen LogP contribution is 2.34. The van der Waals surface area contributed by atoms with E-state index >= 15 is 0 Å². The molecule has 0 atom stereocenters. The molecule has 0 bridgehead atoms. The third-order valence-electron chi connectivity index (χ3n) is 2.92. The predicted octanol–water partition coefficient (Wildman–Crippen LogP) is 1.93. The molecule has 0 radical (unpaired) electrons. The Morgan fingerprint density at radius 1 is 1.05 bits per heavy atom. The summed E-state index contributed by atoms with van der Waals surface area (Å²) >= 11 is 0. The van der Waals surface area contributed by atoms with Crippen LogP contribution in [0.5, 0.6) is 11.8 Å². The zero-order chi connectivity index (χ0) is 13.6. The Labute approximate surface area is 107 Å². The molecular formula is C13H11N3O3. The van der Waals surface area contributed by atoms with Crippen molar-refractivity contribution in [3.05, 3.63) is 36.4 Å². The number of benzene rings is 1. The Morgan fingerprint density at radius 3 is 2.53 bits per heavy atom. The number of aromatic nitrogens is 2. The fourth-order valence-electron chi connectivity index (χ4n) is 1.96. The van der Waals surface area contributed by atoms with E-state index in [1.54, 1.807) is 30.3 Å². The Morgan fingerprint density at radius 2 is 1.84 bits per heavy atom. The van der Waals surface area contributed by atoms with Gasteiger partial charge < -0.3 is 21.2 Å². The van der Waals surface area contributed by atoms with Crippen LogP contribution in [-0.4, -0.2) is 25.1 Å². The molecule has 0 fully saturated rings. The van der Waals surface area contributed by atoms with Crippen molar-refractivity contribution in [1.82, 2.24) is 9.71 Å². The highest BCUT2D eigenvalue weighted by atomic mass is 16.5. The van der Waals surface area contributed by atoms with Crippen molar-refractivity contribution in [2.24, 2.45) is 0 Å². The minimum absolute atomic E-state index is 0.249. The maximum atomic E-state index is 9.68. The molecule has 5 N–H and O–H groups in total. The summed E-state index contributed by atoms with van der Waals surface area (Å²) in [6, 6.07) is 10.0. The van der Waals surface area contributed by atoms with E-state index in [0.29, 0.717) is 21.6 Å². The summed E-state index contributed by atoms with van der Waals surface area (Å²) in [6.45, 7) is 0. The molecule has 2 aromatic heterocycles. The Bertz CT molecular complexity index is 780. The van der Waals surface area contributed by atoms with Gasteiger partial charge in [-0.1, -0.05) is 6.07 Å². The van der Waals surface area contributed by atoms with Crippen molar-refractivity contribution in [1.29, 1.82) is 0 Å². The molecule has 0 aliphatic heterocycles. The van der Waals surface area contributed by atoms with Crippen LogP contribution in [0.25, 0.3) is 22.2 Å². The summed E-state index contributed by atoms with van der Waals surface area (Å²) in [7, 11) is 0. The van der Waals surface area contributed by atoms with E-state index in [1.165, 1.54) is 6.07 Å². The van der Waals surface area contributed by atoms with Crippen LogP contribution < -0.4 is 5.73 Å². The van der Waals surface area contributed by atoms with Crippen LogP contribution in [0.1, 0.15) is 0 Å². The summed E-state index contributed by atoms with van der Waals surface area (Å²) in [6.07, 6.45) is 0. The van der Waals surface area contributed by atoms with Gasteiger partial charge in [-0.15, -0.1) is 4.73 Å². The molecule has 0 spiro atoms. The molecule has 0 aliphatic rings. The van der Waals surface area contributed by atoms with Crippen LogP contribution in [0, 0.1) is 0 Å². The van der Waals surface area contributed by atoms with Gasteiger partial charge in [0.2, 0.25) is 11.8 Å². The predicted molar refractivity (Wildman–Crippen MR) is 70.1 cm³/mol. The molecule has 0 unspecified atom stereocenters. The Hall–Kier alpha value is -2.89. The zero-order valence-corrected chi connectivity index (χ0v) is 9.78. The van der Waals surface area contributed by atoms with E-state index in [2.05, 4.69) is 4.98 Å². The van der Waals surface area contributed by atoms with Crippen molar-refractivity contribution in [3.8, 4) is 23.0 Å². The van der Waals surface area contributed by atoms with Crippen LogP contribution >= 0.6 is 0 Å². The average molecular weight is 257 g/mol. The molecule has 6 nitrogen and oxygen atoms in total. The number of pyridine rings is 1. The molecule has 96 valence electrons. The largest absolute Gasteiger partial charge is 0.492 e. The monoisotopic (exact) mass is 257 g/mol. The molecule has 2 heterocycles. The van der Waals surface area contributed by atoms with E-state index in [0.717, 1.165) is 5.39 Å². The molecule has 0 aliphatic carbocycles. The van der Waals surface area contributed by atoms with Crippen LogP contribution in [0.15, 0.2) is 36.4 Å². The summed E-state index contributed by atoms with van der Waals surface area (Å²) in [5.41, 5.74) is 7.72. The molecular weight excluding hydrogens is 246 g/mol. The lowest BCUT2D eigenvalue weighted by Gasteiger charge is -2.03. The first-order chi connectivity index (χ1) is 9.06. The van der Waals surface area contributed by atoms with Crippen LogP contribution in [0.2, 0.25) is 0 Å². The quantitative estimate of drug-likeness (QED) is 0.394. The number of anilines is 1. The first-order valence-electron chi connectivity index (χ1n) is 5.56. The fraction of sp³-hybridized carbons (Fsp3) is 0. The molecule has 0 saturated heterocycles. The second-order valence-electron chi connectivity index (χ2n) is 4.20. The van der Waals surface area contributed by atoms with Gasteiger partial charge >= 0.3 is 0 Å². The van der Waals surface area contributed by atoms with E-state index in [1.807, 2.05) is 0 Å². The summed E-state index contributed by atoms with van der Waals surface area (Å²) < 4.78 is 0.296. The lowest BCUT2D eigenvalue weighted by Crippen LogP contribution is -1.89. The van der Waals surface area contributed by atoms with Gasteiger partial charge in [0.25, 0.3) is 0 Å². The van der Waals surface area contributed by atoms with Gasteiger partial charge in [0.05, 0.1) is 16.8 Å². The zero-order valence-electron chi connectivity index (χ0n) is 9.78. The van der Waals surface area contributed by atoms with Gasteiger partial charge in [0.1, 0.15) is 0 Å². The Balaban J connectivity index is 2.20. The molecule has 3 aromatic rings. The smallest absolute Gasteiger partial charge is 0.238 e. The van der Waals surface area contributed by atoms with Crippen molar-refractivity contribution in [2.45, 2.75) is 0 Å². The fourth-order valence-corrected chi connectivity index (χ4v) is 1.96. The van der Waals surface area contributed by atoms with E-state index < -0.39 is 11.8 Å². The van der Waals surface area contributed by atoms with Crippen molar-refractivity contribution in [3.63, 3.8) is 0 Å². The molecule has 0 saturated carbocycles. The minimum Gasteiger partial charge on any atom is -0.492 e. The van der Waals surface area contributed by atoms with Gasteiger partial charge in [-0.05, 0) is 24.3 Å². The highest BCUT2D eigenvalue weighted by Gasteiger charge is 2.16. The van der Waals surface area contributed by atoms with E-state index in [9.17, 15) is 15.4 Å². The topological polar surface area (TPSA) is 105 Å². The normalized spacial score (nSPS) is 10.9. The first-order valence-corrected chi connectivity index (χ1v) is 5.56. The number of nitrogens with two attached hydrogens (primary N) is 1. The third kappa shape index (κ3) is 1.70. The van der Waals surface area contributed by atoms with Gasteiger partial charge in [0.15, 0.2) is 0 Å². The average Bonchev–Trinajstić information content (AvgIpc) is 2.66. The number of hydrogen-bond acceptors (Lipinski definition) is 5. The molecule has 1 aromatic carbocycles. The second-order valence-corrected chi connectivity index (χ2v) is 4.20. The summed E-state index contributed by atoms with van der Waals surface area (Å²) in [5.74, 6) is -0.911. The van der Waals surface area contributed by atoms with Gasteiger partial charge in [-0.25, -0.2) is 4.98 Å². The summed E-state index contributed by atoms with van der Waals surface area (Å²) in [4.78, 5) is 4.35. The molecule has 6 heteroatoms. The van der Waals surface area contributed by atoms with E-state index in [-0.39, 0.29) is 5.56 Å². The maximum Gasteiger partial charge on any atom is 0.238 e. The van der Waals surface area contributed by atoms with Crippen LogP contribution in [-0.2, 0) is 0 Å². The first kappa shape index (κ1) is 11.2. The number of nitrogen functional groups attached to an aromatic ring is 1. The molecule has 19 heavy (non-hydrogen) atoms. The number of aromatic hydroxyl groups is 2. The number of hydrogen-bond donors (Lipinski definition) is 4.